The van der Waals surface area contributed by atoms with Crippen molar-refractivity contribution in [2.45, 2.75) is 12.8 Å². The van der Waals surface area contributed by atoms with E-state index in [0.717, 1.165) is 22.1 Å². The first-order valence-electron chi connectivity index (χ1n) is 6.92. The molecule has 0 aromatic heterocycles. The second-order valence-corrected chi connectivity index (χ2v) is 6.97. The van der Waals surface area contributed by atoms with E-state index in [9.17, 15) is 9.59 Å². The molecule has 0 spiro atoms. The molecule has 0 aliphatic heterocycles. The molecule has 0 aliphatic rings. The largest absolute Gasteiger partial charge is 1.00 e. The number of hydrogen-bond donors (Lipinski definition) is 0. The maximum absolute atomic E-state index is 11.4. The van der Waals surface area contributed by atoms with E-state index in [2.05, 4.69) is 0 Å². The number of likely N-dealkylation sites (N-methyl/N-ethyl adjacent to an activating group) is 2. The van der Waals surface area contributed by atoms with Crippen LogP contribution in [0, 0.1) is 0 Å². The van der Waals surface area contributed by atoms with Crippen molar-refractivity contribution >= 4 is 11.9 Å². The molecule has 0 saturated carbocycles. The minimum Gasteiger partial charge on any atom is -1.00 e. The molecular formula is C14H30BrN2O4+. The lowest BCUT2D eigenvalue weighted by molar-refractivity contribution is -0.870. The molecule has 0 aromatic rings. The van der Waals surface area contributed by atoms with Crippen molar-refractivity contribution in [2.75, 3.05) is 68.6 Å². The van der Waals surface area contributed by atoms with Crippen molar-refractivity contribution in [2.24, 2.45) is 0 Å². The van der Waals surface area contributed by atoms with Gasteiger partial charge in [-0.05, 0) is 0 Å². The van der Waals surface area contributed by atoms with Crippen LogP contribution in [-0.2, 0) is 19.1 Å². The maximum Gasteiger partial charge on any atom is 0.306 e. The first-order chi connectivity index (χ1) is 8.99. The average molecular weight is 370 g/mol. The molecule has 6 nitrogen and oxygen atoms in total. The van der Waals surface area contributed by atoms with Crippen LogP contribution in [0.2, 0.25) is 0 Å². The van der Waals surface area contributed by atoms with Crippen molar-refractivity contribution in [3.05, 3.63) is 0 Å². The Morgan fingerprint density at radius 1 is 0.714 bits per heavy atom. The van der Waals surface area contributed by atoms with Crippen LogP contribution in [0.1, 0.15) is 12.8 Å². The molecule has 0 aromatic carbocycles. The van der Waals surface area contributed by atoms with Gasteiger partial charge in [0.1, 0.15) is 26.3 Å². The number of ether oxygens (including phenoxy) is 2. The lowest BCUT2D eigenvalue weighted by Crippen LogP contribution is -3.00. The van der Waals surface area contributed by atoms with E-state index in [4.69, 9.17) is 9.47 Å². The van der Waals surface area contributed by atoms with Crippen LogP contribution in [0.3, 0.4) is 0 Å². The number of esters is 2. The van der Waals surface area contributed by atoms with Crippen molar-refractivity contribution in [3.8, 4) is 0 Å². The predicted molar refractivity (Wildman–Crippen MR) is 77.0 cm³/mol. The molecule has 126 valence electrons. The first-order valence-corrected chi connectivity index (χ1v) is 6.92. The molecule has 0 heterocycles. The van der Waals surface area contributed by atoms with Crippen LogP contribution in [0.5, 0.6) is 0 Å². The van der Waals surface area contributed by atoms with Crippen LogP contribution < -0.4 is 17.0 Å². The number of rotatable bonds is 9. The highest BCUT2D eigenvalue weighted by atomic mass is 79.9. The summed E-state index contributed by atoms with van der Waals surface area (Å²) in [4.78, 5) is 22.9. The molecule has 7 heteroatoms. The molecule has 0 amide bonds. The summed E-state index contributed by atoms with van der Waals surface area (Å²) >= 11 is 0. The van der Waals surface area contributed by atoms with E-state index in [0.29, 0.717) is 13.2 Å². The SMILES string of the molecule is C[N+](C)(C)CCOC(=O)CCC(=O)OCC[N+](C)(C)C.[Br-]. The highest BCUT2D eigenvalue weighted by Gasteiger charge is 2.13. The van der Waals surface area contributed by atoms with E-state index in [1.807, 2.05) is 42.3 Å². The van der Waals surface area contributed by atoms with E-state index in [1.165, 1.54) is 0 Å². The molecule has 0 bridgehead atoms. The Bertz CT molecular complexity index is 290. The van der Waals surface area contributed by atoms with Gasteiger partial charge < -0.3 is 35.4 Å². The van der Waals surface area contributed by atoms with Crippen LogP contribution in [-0.4, -0.2) is 89.5 Å². The van der Waals surface area contributed by atoms with Gasteiger partial charge in [0.25, 0.3) is 0 Å². The number of quaternary nitrogens is 2. The van der Waals surface area contributed by atoms with Crippen molar-refractivity contribution < 1.29 is 45.0 Å². The molecule has 0 aliphatic carbocycles. The Balaban J connectivity index is 0. The number of hydrogen-bond acceptors (Lipinski definition) is 4. The van der Waals surface area contributed by atoms with Crippen LogP contribution >= 0.6 is 0 Å². The van der Waals surface area contributed by atoms with Crippen molar-refractivity contribution in [1.82, 2.24) is 0 Å². The molecular weight excluding hydrogens is 340 g/mol. The lowest BCUT2D eigenvalue weighted by atomic mass is 10.3. The maximum atomic E-state index is 11.4. The smallest absolute Gasteiger partial charge is 0.306 e. The highest BCUT2D eigenvalue weighted by molar-refractivity contribution is 5.77. The number of halogens is 1. The fourth-order valence-corrected chi connectivity index (χ4v) is 1.22. The van der Waals surface area contributed by atoms with Crippen molar-refractivity contribution in [1.29, 1.82) is 0 Å². The highest BCUT2D eigenvalue weighted by Crippen LogP contribution is 1.98. The number of carbonyl (C=O) groups excluding carboxylic acids is 2. The van der Waals surface area contributed by atoms with E-state index >= 15 is 0 Å². The Hall–Kier alpha value is -0.660. The summed E-state index contributed by atoms with van der Waals surface area (Å²) in [5.74, 6) is -0.691. The third-order valence-electron chi connectivity index (χ3n) is 2.58. The average Bonchev–Trinajstić information content (AvgIpc) is 2.22. The van der Waals surface area contributed by atoms with Gasteiger partial charge in [-0.15, -0.1) is 0 Å². The molecule has 0 saturated heterocycles. The topological polar surface area (TPSA) is 52.6 Å². The molecule has 0 atom stereocenters. The second kappa shape index (κ2) is 10.1. The Morgan fingerprint density at radius 3 is 1.24 bits per heavy atom. The van der Waals surface area contributed by atoms with Gasteiger partial charge in [0.05, 0.1) is 55.1 Å². The Morgan fingerprint density at radius 2 is 1.00 bits per heavy atom. The lowest BCUT2D eigenvalue weighted by Gasteiger charge is -2.23. The first kappa shape index (κ1) is 22.6. The fourth-order valence-electron chi connectivity index (χ4n) is 1.22. The van der Waals surface area contributed by atoms with Crippen LogP contribution in [0.15, 0.2) is 0 Å². The quantitative estimate of drug-likeness (QED) is 0.327. The Labute approximate surface area is 138 Å². The van der Waals surface area contributed by atoms with Crippen molar-refractivity contribution in [3.63, 3.8) is 0 Å². The summed E-state index contributed by atoms with van der Waals surface area (Å²) in [5.41, 5.74) is 0. The minimum atomic E-state index is -0.345. The summed E-state index contributed by atoms with van der Waals surface area (Å²) < 4.78 is 11.6. The molecule has 0 N–H and O–H groups in total. The van der Waals surface area contributed by atoms with Gasteiger partial charge in [0.15, 0.2) is 0 Å². The monoisotopic (exact) mass is 369 g/mol. The summed E-state index contributed by atoms with van der Waals surface area (Å²) in [5, 5.41) is 0. The molecule has 0 radical (unpaired) electrons. The van der Waals surface area contributed by atoms with Gasteiger partial charge in [-0.1, -0.05) is 0 Å². The van der Waals surface area contributed by atoms with E-state index < -0.39 is 0 Å². The summed E-state index contributed by atoms with van der Waals surface area (Å²) in [6, 6.07) is 0. The Kier molecular flexibility index (Phi) is 10.9. The standard InChI is InChI=1S/C14H30N2O4.BrH/c1-15(2,3)9-11-19-13(17)7-8-14(18)20-12-10-16(4,5)6;/h7-12H2,1-6H3;1H/q+2;/p-1. The molecule has 0 fully saturated rings. The zero-order valence-corrected chi connectivity index (χ0v) is 15.7. The van der Waals surface area contributed by atoms with E-state index in [-0.39, 0.29) is 41.8 Å². The zero-order valence-electron chi connectivity index (χ0n) is 14.1. The third kappa shape index (κ3) is 17.3. The number of nitrogens with zero attached hydrogens (tertiary/aromatic N) is 2. The van der Waals surface area contributed by atoms with Crippen LogP contribution in [0.4, 0.5) is 0 Å². The summed E-state index contributed by atoms with van der Waals surface area (Å²) in [6.45, 7) is 2.25. The van der Waals surface area contributed by atoms with Gasteiger partial charge in [0.2, 0.25) is 0 Å². The summed E-state index contributed by atoms with van der Waals surface area (Å²) in [7, 11) is 12.2. The minimum absolute atomic E-state index is 0. The van der Waals surface area contributed by atoms with Gasteiger partial charge in [-0.25, -0.2) is 0 Å². The molecule has 21 heavy (non-hydrogen) atoms. The molecule has 0 rings (SSSR count). The van der Waals surface area contributed by atoms with Gasteiger partial charge in [-0.2, -0.15) is 0 Å². The van der Waals surface area contributed by atoms with Crippen LogP contribution in [0.25, 0.3) is 0 Å². The van der Waals surface area contributed by atoms with Gasteiger partial charge in [-0.3, -0.25) is 9.59 Å². The second-order valence-electron chi connectivity index (χ2n) is 6.97. The number of carbonyl (C=O) groups is 2. The van der Waals surface area contributed by atoms with E-state index in [1.54, 1.807) is 0 Å². The summed E-state index contributed by atoms with van der Waals surface area (Å²) in [6.07, 6.45) is 0.167. The van der Waals surface area contributed by atoms with Gasteiger partial charge in [0, 0.05) is 0 Å². The normalized spacial score (nSPS) is 11.5. The predicted octanol–water partition coefficient (Wildman–Crippen LogP) is -2.73. The molecule has 0 unspecified atom stereocenters. The third-order valence-corrected chi connectivity index (χ3v) is 2.58. The zero-order chi connectivity index (χ0) is 15.8. The van der Waals surface area contributed by atoms with Gasteiger partial charge >= 0.3 is 11.9 Å². The fraction of sp³-hybridized carbons (Fsp3) is 0.857.